The zero-order valence-corrected chi connectivity index (χ0v) is 12.0. The second-order valence-corrected chi connectivity index (χ2v) is 5.43. The summed E-state index contributed by atoms with van der Waals surface area (Å²) in [6.45, 7) is 1.81. The Bertz CT molecular complexity index is 704. The second kappa shape index (κ2) is 5.13. The number of rotatable bonds is 1. The number of hydrogen-bond donors (Lipinski definition) is 0. The molecule has 2 heterocycles. The van der Waals surface area contributed by atoms with Gasteiger partial charge in [-0.15, -0.1) is 11.3 Å². The van der Waals surface area contributed by atoms with Gasteiger partial charge in [0.1, 0.15) is 6.10 Å². The molecule has 6 heteroatoms. The smallest absolute Gasteiger partial charge is 0.293 e. The molecular weight excluding hydrogens is 276 g/mol. The maximum atomic E-state index is 12.3. The molecule has 0 unspecified atom stereocenters. The summed E-state index contributed by atoms with van der Waals surface area (Å²) in [5, 5.41) is 1.88. The normalized spacial score (nSPS) is 21.8. The van der Waals surface area contributed by atoms with Gasteiger partial charge in [0, 0.05) is 18.6 Å². The highest BCUT2D eigenvalue weighted by atomic mass is 32.1. The minimum atomic E-state index is -0.716. The molecule has 2 atom stereocenters. The number of nitrogens with zero attached hydrogens (tertiary/aromatic N) is 2. The van der Waals surface area contributed by atoms with E-state index in [2.05, 4.69) is 4.99 Å². The average Bonchev–Trinajstić information content (AvgIpc) is 2.83. The summed E-state index contributed by atoms with van der Waals surface area (Å²) >= 11 is 1.41. The summed E-state index contributed by atoms with van der Waals surface area (Å²) in [6, 6.07) is 7.32. The fraction of sp³-hybridized carbons (Fsp3) is 0.286. The van der Waals surface area contributed by atoms with Gasteiger partial charge in [-0.2, -0.15) is 4.99 Å². The molecule has 1 aromatic heterocycles. The fourth-order valence-corrected chi connectivity index (χ4v) is 2.72. The Balaban J connectivity index is 1.89. The highest BCUT2D eigenvalue weighted by molar-refractivity contribution is 7.07. The minimum absolute atomic E-state index is 0.329. The Morgan fingerprint density at radius 1 is 1.30 bits per heavy atom. The Morgan fingerprint density at radius 3 is 2.65 bits per heavy atom. The topological polar surface area (TPSA) is 52.8 Å². The van der Waals surface area contributed by atoms with Crippen LogP contribution in [-0.2, 0) is 11.8 Å². The van der Waals surface area contributed by atoms with E-state index in [9.17, 15) is 4.79 Å². The average molecular weight is 290 g/mol. The van der Waals surface area contributed by atoms with Crippen LogP contribution < -0.4 is 14.3 Å². The fourth-order valence-electron chi connectivity index (χ4n) is 1.98. The summed E-state index contributed by atoms with van der Waals surface area (Å²) in [4.78, 5) is 17.0. The molecule has 1 amide bonds. The first kappa shape index (κ1) is 12.9. The van der Waals surface area contributed by atoms with Gasteiger partial charge in [0.05, 0.1) is 0 Å². The number of amides is 1. The van der Waals surface area contributed by atoms with Crippen LogP contribution in [-0.4, -0.2) is 22.7 Å². The third-order valence-corrected chi connectivity index (χ3v) is 3.90. The van der Waals surface area contributed by atoms with Crippen molar-refractivity contribution < 1.29 is 14.3 Å². The monoisotopic (exact) mass is 290 g/mol. The number of thiazole rings is 1. The van der Waals surface area contributed by atoms with Gasteiger partial charge in [-0.3, -0.25) is 4.79 Å². The number of benzene rings is 1. The minimum Gasteiger partial charge on any atom is -0.482 e. The van der Waals surface area contributed by atoms with Gasteiger partial charge in [-0.25, -0.2) is 0 Å². The van der Waals surface area contributed by atoms with Crippen molar-refractivity contribution in [1.29, 1.82) is 0 Å². The van der Waals surface area contributed by atoms with Crippen molar-refractivity contribution in [2.24, 2.45) is 12.0 Å². The first-order chi connectivity index (χ1) is 9.65. The highest BCUT2D eigenvalue weighted by Crippen LogP contribution is 2.33. The number of aromatic nitrogens is 1. The van der Waals surface area contributed by atoms with Gasteiger partial charge < -0.3 is 14.0 Å². The van der Waals surface area contributed by atoms with Crippen molar-refractivity contribution in [1.82, 2.24) is 4.57 Å². The molecule has 104 valence electrons. The van der Waals surface area contributed by atoms with Crippen molar-refractivity contribution in [2.45, 2.75) is 19.1 Å². The number of ether oxygens (including phenoxy) is 2. The van der Waals surface area contributed by atoms with Crippen LogP contribution in [0.1, 0.15) is 6.92 Å². The van der Waals surface area contributed by atoms with E-state index in [1.807, 2.05) is 43.7 Å². The van der Waals surface area contributed by atoms with Crippen LogP contribution in [0.15, 0.2) is 40.8 Å². The van der Waals surface area contributed by atoms with E-state index in [4.69, 9.17) is 9.47 Å². The summed E-state index contributed by atoms with van der Waals surface area (Å²) in [7, 11) is 1.85. The molecule has 1 aliphatic rings. The molecule has 20 heavy (non-hydrogen) atoms. The van der Waals surface area contributed by atoms with Crippen LogP contribution in [0.5, 0.6) is 11.5 Å². The molecule has 0 bridgehead atoms. The quantitative estimate of drug-likeness (QED) is 0.804. The number of fused-ring (bicyclic) bond motifs is 1. The second-order valence-electron chi connectivity index (χ2n) is 4.55. The van der Waals surface area contributed by atoms with E-state index in [1.54, 1.807) is 10.6 Å². The van der Waals surface area contributed by atoms with Crippen LogP contribution in [0.3, 0.4) is 0 Å². The Kier molecular flexibility index (Phi) is 3.31. The predicted octanol–water partition coefficient (Wildman–Crippen LogP) is 1.74. The summed E-state index contributed by atoms with van der Waals surface area (Å²) in [6.07, 6.45) is 0.770. The van der Waals surface area contributed by atoms with E-state index >= 15 is 0 Å². The van der Waals surface area contributed by atoms with Gasteiger partial charge in [-0.05, 0) is 19.1 Å². The van der Waals surface area contributed by atoms with E-state index in [1.165, 1.54) is 11.3 Å². The largest absolute Gasteiger partial charge is 0.482 e. The zero-order chi connectivity index (χ0) is 14.1. The lowest BCUT2D eigenvalue weighted by molar-refractivity contribution is -0.130. The van der Waals surface area contributed by atoms with E-state index in [0.717, 1.165) is 0 Å². The van der Waals surface area contributed by atoms with Crippen LogP contribution in [0.2, 0.25) is 0 Å². The third-order valence-electron chi connectivity index (χ3n) is 3.05. The lowest BCUT2D eigenvalue weighted by Crippen LogP contribution is -2.43. The molecule has 0 saturated carbocycles. The lowest BCUT2D eigenvalue weighted by atomic mass is 10.1. The van der Waals surface area contributed by atoms with Crippen LogP contribution in [0.25, 0.3) is 0 Å². The number of carbonyl (C=O) groups is 1. The molecule has 2 aromatic rings. The zero-order valence-electron chi connectivity index (χ0n) is 11.1. The van der Waals surface area contributed by atoms with Crippen molar-refractivity contribution in [3.63, 3.8) is 0 Å². The molecule has 5 nitrogen and oxygen atoms in total. The molecule has 0 aliphatic carbocycles. The lowest BCUT2D eigenvalue weighted by Gasteiger charge is -2.29. The number of carbonyl (C=O) groups excluding carboxylic acids is 1. The molecule has 0 spiro atoms. The maximum absolute atomic E-state index is 12.3. The van der Waals surface area contributed by atoms with Crippen molar-refractivity contribution in [3.8, 4) is 11.5 Å². The number of hydrogen-bond acceptors (Lipinski definition) is 4. The Morgan fingerprint density at radius 2 is 2.00 bits per heavy atom. The van der Waals surface area contributed by atoms with Crippen molar-refractivity contribution in [3.05, 3.63) is 40.6 Å². The molecule has 0 saturated heterocycles. The van der Waals surface area contributed by atoms with Gasteiger partial charge in [-0.1, -0.05) is 12.1 Å². The molecule has 1 aliphatic heterocycles. The van der Waals surface area contributed by atoms with Gasteiger partial charge in [0.25, 0.3) is 5.91 Å². The molecular formula is C14H14N2O3S. The third kappa shape index (κ3) is 2.34. The van der Waals surface area contributed by atoms with Crippen LogP contribution in [0, 0.1) is 0 Å². The highest BCUT2D eigenvalue weighted by Gasteiger charge is 2.33. The summed E-state index contributed by atoms with van der Waals surface area (Å²) < 4.78 is 13.2. The first-order valence-electron chi connectivity index (χ1n) is 6.26. The molecule has 0 fully saturated rings. The maximum Gasteiger partial charge on any atom is 0.293 e. The SMILES string of the molecule is C[C@@H]1Oc2ccccc2O[C@@H]1C(=O)N=c1sccn1C. The van der Waals surface area contributed by atoms with Gasteiger partial charge in [0.15, 0.2) is 16.3 Å². The number of para-hydroxylation sites is 2. The predicted molar refractivity (Wildman–Crippen MR) is 74.8 cm³/mol. The van der Waals surface area contributed by atoms with Crippen LogP contribution in [0.4, 0.5) is 0 Å². The molecule has 0 N–H and O–H groups in total. The molecule has 3 rings (SSSR count). The Hall–Kier alpha value is -2.08. The summed E-state index contributed by atoms with van der Waals surface area (Å²) in [5.74, 6) is 0.908. The molecule has 0 radical (unpaired) electrons. The van der Waals surface area contributed by atoms with Crippen molar-refractivity contribution >= 4 is 17.2 Å². The number of aryl methyl sites for hydroxylation is 1. The van der Waals surface area contributed by atoms with E-state index < -0.39 is 6.10 Å². The Labute approximate surface area is 120 Å². The van der Waals surface area contributed by atoms with E-state index in [-0.39, 0.29) is 12.0 Å². The standard InChI is InChI=1S/C14H14N2O3S/c1-9-12(13(17)15-14-16(2)7-8-20-14)19-11-6-4-3-5-10(11)18-9/h3-9,12H,1-2H3/t9-,12-/m0/s1. The van der Waals surface area contributed by atoms with Gasteiger partial charge in [0.2, 0.25) is 6.10 Å². The van der Waals surface area contributed by atoms with E-state index in [0.29, 0.717) is 16.3 Å². The van der Waals surface area contributed by atoms with Gasteiger partial charge >= 0.3 is 0 Å². The first-order valence-corrected chi connectivity index (χ1v) is 7.14. The van der Waals surface area contributed by atoms with Crippen molar-refractivity contribution in [2.75, 3.05) is 0 Å². The molecule has 1 aromatic carbocycles. The summed E-state index contributed by atoms with van der Waals surface area (Å²) in [5.41, 5.74) is 0. The van der Waals surface area contributed by atoms with Crippen LogP contribution >= 0.6 is 11.3 Å².